The van der Waals surface area contributed by atoms with E-state index in [2.05, 4.69) is 20.6 Å². The molecule has 10 nitrogen and oxygen atoms in total. The number of methoxy groups -OCH3 is 3. The number of nitrogens with zero attached hydrogens (tertiary/aromatic N) is 1. The molecule has 2 rings (SSSR count). The van der Waals surface area contributed by atoms with E-state index >= 15 is 0 Å². The second-order valence-corrected chi connectivity index (χ2v) is 5.95. The maximum Gasteiger partial charge on any atom is 0.343 e. The van der Waals surface area contributed by atoms with Gasteiger partial charge in [-0.1, -0.05) is 12.1 Å². The highest BCUT2D eigenvalue weighted by molar-refractivity contribution is 5.98. The van der Waals surface area contributed by atoms with Crippen LogP contribution in [0.15, 0.2) is 47.6 Å². The van der Waals surface area contributed by atoms with Crippen molar-refractivity contribution in [2.24, 2.45) is 5.10 Å². The lowest BCUT2D eigenvalue weighted by molar-refractivity contribution is -0.142. The molecule has 0 radical (unpaired) electrons. The zero-order valence-electron chi connectivity index (χ0n) is 17.3. The van der Waals surface area contributed by atoms with Gasteiger partial charge in [-0.15, -0.1) is 0 Å². The average molecular weight is 429 g/mol. The first-order chi connectivity index (χ1) is 15.0. The monoisotopic (exact) mass is 429 g/mol. The maximum absolute atomic E-state index is 12.2. The number of hydrogen-bond acceptors (Lipinski definition) is 8. The molecule has 0 heterocycles. The summed E-state index contributed by atoms with van der Waals surface area (Å²) in [6.45, 7) is -0.519. The van der Waals surface area contributed by atoms with Gasteiger partial charge in [-0.05, 0) is 35.9 Å². The Labute approximate surface area is 179 Å². The molecular weight excluding hydrogens is 406 g/mol. The number of hydrazone groups is 1. The summed E-state index contributed by atoms with van der Waals surface area (Å²) in [4.78, 5) is 35.3. The summed E-state index contributed by atoms with van der Waals surface area (Å²) < 4.78 is 20.2. The molecule has 0 aromatic heterocycles. The van der Waals surface area contributed by atoms with E-state index < -0.39 is 17.8 Å². The lowest BCUT2D eigenvalue weighted by atomic mass is 10.2. The van der Waals surface area contributed by atoms with Gasteiger partial charge in [0.1, 0.15) is 5.75 Å². The summed E-state index contributed by atoms with van der Waals surface area (Å²) in [5, 5.41) is 6.34. The summed E-state index contributed by atoms with van der Waals surface area (Å²) in [5.74, 6) is -0.329. The number of esters is 1. The molecule has 2 amide bonds. The maximum atomic E-state index is 12.2. The third-order valence-electron chi connectivity index (χ3n) is 3.92. The van der Waals surface area contributed by atoms with Crippen LogP contribution in [0.5, 0.6) is 17.2 Å². The van der Waals surface area contributed by atoms with E-state index in [1.54, 1.807) is 42.5 Å². The minimum absolute atomic E-state index is 0.253. The van der Waals surface area contributed by atoms with Crippen molar-refractivity contribution in [3.05, 3.63) is 53.6 Å². The van der Waals surface area contributed by atoms with Gasteiger partial charge in [-0.2, -0.15) is 5.10 Å². The standard InChI is InChI=1S/C21H23N3O7/c1-28-16-7-5-4-6-15(16)21(27)22-12-19(25)24-23-11-14-8-9-17(18(10-14)29-2)31-13-20(26)30-3/h4-11H,12-13H2,1-3H3,(H,22,27)(H,24,25). The molecule has 0 saturated heterocycles. The molecule has 2 aromatic rings. The van der Waals surface area contributed by atoms with Crippen LogP contribution >= 0.6 is 0 Å². The predicted molar refractivity (Wildman–Crippen MR) is 112 cm³/mol. The quantitative estimate of drug-likeness (QED) is 0.330. The predicted octanol–water partition coefficient (Wildman–Crippen LogP) is 1.14. The van der Waals surface area contributed by atoms with Crippen LogP contribution in [0.4, 0.5) is 0 Å². The molecular formula is C21H23N3O7. The number of carbonyl (C=O) groups excluding carboxylic acids is 3. The first kappa shape index (κ1) is 23.2. The molecule has 0 bridgehead atoms. The zero-order chi connectivity index (χ0) is 22.6. The fourth-order valence-electron chi connectivity index (χ4n) is 2.39. The summed E-state index contributed by atoms with van der Waals surface area (Å²) in [7, 11) is 4.18. The number of rotatable bonds is 10. The van der Waals surface area contributed by atoms with E-state index in [4.69, 9.17) is 14.2 Å². The lowest BCUT2D eigenvalue weighted by Crippen LogP contribution is -2.35. The summed E-state index contributed by atoms with van der Waals surface area (Å²) >= 11 is 0. The summed E-state index contributed by atoms with van der Waals surface area (Å²) in [5.41, 5.74) is 3.25. The number of benzene rings is 2. The van der Waals surface area contributed by atoms with Gasteiger partial charge in [-0.25, -0.2) is 10.2 Å². The van der Waals surface area contributed by atoms with E-state index in [9.17, 15) is 14.4 Å². The molecule has 0 unspecified atom stereocenters. The molecule has 2 N–H and O–H groups in total. The minimum atomic E-state index is -0.520. The van der Waals surface area contributed by atoms with Crippen LogP contribution in [0.1, 0.15) is 15.9 Å². The van der Waals surface area contributed by atoms with Crippen LogP contribution in [0.25, 0.3) is 0 Å². The molecule has 31 heavy (non-hydrogen) atoms. The van der Waals surface area contributed by atoms with Crippen LogP contribution in [0.2, 0.25) is 0 Å². The van der Waals surface area contributed by atoms with Crippen LogP contribution in [0.3, 0.4) is 0 Å². The topological polar surface area (TPSA) is 125 Å². The van der Waals surface area contributed by atoms with Crippen molar-refractivity contribution in [3.63, 3.8) is 0 Å². The number of nitrogens with one attached hydrogen (secondary N) is 2. The fraction of sp³-hybridized carbons (Fsp3) is 0.238. The normalized spacial score (nSPS) is 10.3. The molecule has 0 aliphatic carbocycles. The largest absolute Gasteiger partial charge is 0.496 e. The molecule has 0 atom stereocenters. The first-order valence-corrected chi connectivity index (χ1v) is 9.09. The SMILES string of the molecule is COC(=O)COc1ccc(C=NNC(=O)CNC(=O)c2ccccc2OC)cc1OC. The molecule has 0 spiro atoms. The number of carbonyl (C=O) groups is 3. The Morgan fingerprint density at radius 3 is 2.42 bits per heavy atom. The van der Waals surface area contributed by atoms with Crippen molar-refractivity contribution in [2.45, 2.75) is 0 Å². The van der Waals surface area contributed by atoms with Gasteiger partial charge in [0.2, 0.25) is 0 Å². The Balaban J connectivity index is 1.87. The van der Waals surface area contributed by atoms with E-state index in [0.717, 1.165) is 0 Å². The second kappa shape index (κ2) is 11.8. The van der Waals surface area contributed by atoms with Crippen LogP contribution in [-0.4, -0.2) is 58.5 Å². The number of ether oxygens (including phenoxy) is 4. The number of hydrogen-bond donors (Lipinski definition) is 2. The minimum Gasteiger partial charge on any atom is -0.496 e. The van der Waals surface area contributed by atoms with Gasteiger partial charge in [0.15, 0.2) is 18.1 Å². The van der Waals surface area contributed by atoms with E-state index in [0.29, 0.717) is 28.4 Å². The van der Waals surface area contributed by atoms with E-state index in [1.807, 2.05) is 0 Å². The van der Waals surface area contributed by atoms with Gasteiger partial charge in [0, 0.05) is 0 Å². The van der Waals surface area contributed by atoms with Crippen LogP contribution < -0.4 is 25.0 Å². The number of para-hydroxylation sites is 1. The molecule has 0 saturated carbocycles. The van der Waals surface area contributed by atoms with Crippen molar-refractivity contribution < 1.29 is 33.3 Å². The summed E-state index contributed by atoms with van der Waals surface area (Å²) in [6.07, 6.45) is 1.40. The Morgan fingerprint density at radius 2 is 1.71 bits per heavy atom. The Bertz CT molecular complexity index is 960. The van der Waals surface area contributed by atoms with E-state index in [-0.39, 0.29) is 13.2 Å². The smallest absolute Gasteiger partial charge is 0.343 e. The average Bonchev–Trinajstić information content (AvgIpc) is 2.81. The molecule has 0 aliphatic heterocycles. The number of amides is 2. The van der Waals surface area contributed by atoms with Crippen molar-refractivity contribution in [1.29, 1.82) is 0 Å². The van der Waals surface area contributed by atoms with Gasteiger partial charge in [-0.3, -0.25) is 9.59 Å². The third kappa shape index (κ3) is 7.03. The highest BCUT2D eigenvalue weighted by Crippen LogP contribution is 2.27. The van der Waals surface area contributed by atoms with Crippen molar-refractivity contribution in [2.75, 3.05) is 34.5 Å². The van der Waals surface area contributed by atoms with Crippen LogP contribution in [0, 0.1) is 0 Å². The van der Waals surface area contributed by atoms with Crippen molar-refractivity contribution >= 4 is 24.0 Å². The Morgan fingerprint density at radius 1 is 0.968 bits per heavy atom. The fourth-order valence-corrected chi connectivity index (χ4v) is 2.39. The highest BCUT2D eigenvalue weighted by atomic mass is 16.6. The highest BCUT2D eigenvalue weighted by Gasteiger charge is 2.12. The van der Waals surface area contributed by atoms with Gasteiger partial charge in [0.05, 0.1) is 39.7 Å². The lowest BCUT2D eigenvalue weighted by Gasteiger charge is -2.10. The molecule has 164 valence electrons. The zero-order valence-corrected chi connectivity index (χ0v) is 17.3. The first-order valence-electron chi connectivity index (χ1n) is 9.09. The van der Waals surface area contributed by atoms with E-state index in [1.165, 1.54) is 27.5 Å². The Kier molecular flexibility index (Phi) is 8.84. The van der Waals surface area contributed by atoms with Crippen molar-refractivity contribution in [3.8, 4) is 17.2 Å². The van der Waals surface area contributed by atoms with Crippen LogP contribution in [-0.2, 0) is 14.3 Å². The molecule has 0 fully saturated rings. The van der Waals surface area contributed by atoms with Gasteiger partial charge >= 0.3 is 5.97 Å². The summed E-state index contributed by atoms with van der Waals surface area (Å²) in [6, 6.07) is 11.6. The molecule has 0 aliphatic rings. The third-order valence-corrected chi connectivity index (χ3v) is 3.92. The Hall–Kier alpha value is -4.08. The molecule has 10 heteroatoms. The second-order valence-electron chi connectivity index (χ2n) is 5.95. The van der Waals surface area contributed by atoms with Crippen molar-refractivity contribution in [1.82, 2.24) is 10.7 Å². The van der Waals surface area contributed by atoms with Gasteiger partial charge < -0.3 is 24.3 Å². The molecule has 2 aromatic carbocycles. The van der Waals surface area contributed by atoms with Gasteiger partial charge in [0.25, 0.3) is 11.8 Å².